The average Bonchev–Trinajstić information content (AvgIpc) is 2.61. The van der Waals surface area contributed by atoms with Crippen molar-refractivity contribution < 1.29 is 14.6 Å². The minimum Gasteiger partial charge on any atom is -0.370 e. The molecule has 1 atom stereocenters. The second-order valence-corrected chi connectivity index (χ2v) is 6.37. The van der Waals surface area contributed by atoms with E-state index in [2.05, 4.69) is 5.32 Å². The van der Waals surface area contributed by atoms with Gasteiger partial charge in [0, 0.05) is 19.2 Å². The Kier molecular flexibility index (Phi) is 6.89. The van der Waals surface area contributed by atoms with E-state index in [4.69, 9.17) is 17.0 Å². The lowest BCUT2D eigenvalue weighted by atomic mass is 10.1. The van der Waals surface area contributed by atoms with E-state index < -0.39 is 0 Å². The second kappa shape index (κ2) is 8.91. The number of hydrogen-bond acceptors (Lipinski definition) is 4. The molecule has 0 bridgehead atoms. The molecule has 0 aliphatic carbocycles. The van der Waals surface area contributed by atoms with Crippen LogP contribution < -0.4 is 10.2 Å². The molecule has 0 amide bonds. The van der Waals surface area contributed by atoms with Crippen LogP contribution >= 0.6 is 12.2 Å². The number of nitro groups is 1. The van der Waals surface area contributed by atoms with Crippen molar-refractivity contribution in [3.63, 3.8) is 0 Å². The van der Waals surface area contributed by atoms with E-state index in [1.807, 2.05) is 24.9 Å². The van der Waals surface area contributed by atoms with Gasteiger partial charge in [-0.2, -0.15) is 0 Å². The van der Waals surface area contributed by atoms with E-state index >= 15 is 0 Å². The van der Waals surface area contributed by atoms with Crippen LogP contribution in [0.1, 0.15) is 18.5 Å². The maximum atomic E-state index is 10.9. The summed E-state index contributed by atoms with van der Waals surface area (Å²) in [7, 11) is 1.90. The third-order valence-electron chi connectivity index (χ3n) is 4.42. The molecule has 2 N–H and O–H groups in total. The minimum absolute atomic E-state index is 0.0411. The molecule has 24 heavy (non-hydrogen) atoms. The molecule has 0 unspecified atom stereocenters. The molecule has 1 aliphatic rings. The van der Waals surface area contributed by atoms with Crippen LogP contribution in [0.3, 0.4) is 0 Å². The number of quaternary nitrogens is 1. The zero-order valence-corrected chi connectivity index (χ0v) is 15.0. The van der Waals surface area contributed by atoms with Crippen LogP contribution in [0.15, 0.2) is 24.3 Å². The molecule has 132 valence electrons. The van der Waals surface area contributed by atoms with Crippen molar-refractivity contribution >= 4 is 23.0 Å². The van der Waals surface area contributed by atoms with Crippen molar-refractivity contribution in [3.8, 4) is 0 Å². The Morgan fingerprint density at radius 2 is 2.21 bits per heavy atom. The normalized spacial score (nSPS) is 16.4. The standard InChI is InChI=1S/C16H24N4O3S/c1-13(14-4-3-5-15(12-14)20(21)22)18(2)16(24)17-6-7-19-8-10-23-11-9-19/h3-5,12-13H,6-11H2,1-2H3,(H,17,24)/p+1/t13-/m1/s1. The summed E-state index contributed by atoms with van der Waals surface area (Å²) in [6, 6.07) is 6.64. The van der Waals surface area contributed by atoms with E-state index in [0.29, 0.717) is 5.11 Å². The fourth-order valence-corrected chi connectivity index (χ4v) is 2.94. The molecule has 0 radical (unpaired) electrons. The first kappa shape index (κ1) is 18.6. The molecule has 7 nitrogen and oxygen atoms in total. The molecular formula is C16H25N4O3S+. The van der Waals surface area contributed by atoms with Crippen molar-refractivity contribution in [2.75, 3.05) is 46.4 Å². The largest absolute Gasteiger partial charge is 0.370 e. The van der Waals surface area contributed by atoms with Gasteiger partial charge in [0.1, 0.15) is 13.1 Å². The van der Waals surface area contributed by atoms with Crippen LogP contribution in [-0.2, 0) is 4.74 Å². The monoisotopic (exact) mass is 353 g/mol. The van der Waals surface area contributed by atoms with Crippen molar-refractivity contribution in [2.45, 2.75) is 13.0 Å². The third-order valence-corrected chi connectivity index (χ3v) is 4.85. The number of nitrogens with one attached hydrogen (secondary N) is 2. The summed E-state index contributed by atoms with van der Waals surface area (Å²) in [5.41, 5.74) is 0.970. The van der Waals surface area contributed by atoms with Gasteiger partial charge in [0.25, 0.3) is 5.69 Å². The topological polar surface area (TPSA) is 72.1 Å². The van der Waals surface area contributed by atoms with Gasteiger partial charge in [0.2, 0.25) is 0 Å². The Bertz CT molecular complexity index is 578. The van der Waals surface area contributed by atoms with E-state index in [1.165, 1.54) is 11.0 Å². The predicted octanol–water partition coefficient (Wildman–Crippen LogP) is 0.377. The van der Waals surface area contributed by atoms with Crippen LogP contribution in [0.5, 0.6) is 0 Å². The molecule has 2 rings (SSSR count). The first-order valence-corrected chi connectivity index (χ1v) is 8.56. The first-order valence-electron chi connectivity index (χ1n) is 8.15. The number of ether oxygens (including phenoxy) is 1. The van der Waals surface area contributed by atoms with Gasteiger partial charge in [-0.25, -0.2) is 0 Å². The fourth-order valence-electron chi connectivity index (χ4n) is 2.68. The summed E-state index contributed by atoms with van der Waals surface area (Å²) in [6.45, 7) is 7.51. The summed E-state index contributed by atoms with van der Waals surface area (Å²) in [5, 5.41) is 14.8. The van der Waals surface area contributed by atoms with Gasteiger partial charge in [0.15, 0.2) is 5.11 Å². The Hall–Kier alpha value is -1.77. The number of nitrogens with zero attached hydrogens (tertiary/aromatic N) is 2. The molecule has 1 fully saturated rings. The smallest absolute Gasteiger partial charge is 0.269 e. The molecule has 0 spiro atoms. The zero-order chi connectivity index (χ0) is 17.5. The molecule has 0 aromatic heterocycles. The fraction of sp³-hybridized carbons (Fsp3) is 0.562. The molecule has 8 heteroatoms. The van der Waals surface area contributed by atoms with Crippen LogP contribution in [0.2, 0.25) is 0 Å². The zero-order valence-electron chi connectivity index (χ0n) is 14.2. The molecular weight excluding hydrogens is 328 g/mol. The summed E-state index contributed by atoms with van der Waals surface area (Å²) >= 11 is 5.45. The van der Waals surface area contributed by atoms with E-state index in [9.17, 15) is 10.1 Å². The van der Waals surface area contributed by atoms with Crippen molar-refractivity contribution in [1.29, 1.82) is 0 Å². The quantitative estimate of drug-likeness (QED) is 0.438. The highest BCUT2D eigenvalue weighted by atomic mass is 32.1. The summed E-state index contributed by atoms with van der Waals surface area (Å²) in [4.78, 5) is 14.0. The number of thiocarbonyl (C=S) groups is 1. The van der Waals surface area contributed by atoms with Crippen LogP contribution in [0.4, 0.5) is 5.69 Å². The van der Waals surface area contributed by atoms with Gasteiger partial charge >= 0.3 is 0 Å². The summed E-state index contributed by atoms with van der Waals surface area (Å²) in [6.07, 6.45) is 0. The first-order chi connectivity index (χ1) is 11.5. The lowest BCUT2D eigenvalue weighted by Gasteiger charge is -2.29. The van der Waals surface area contributed by atoms with E-state index in [1.54, 1.807) is 12.1 Å². The Balaban J connectivity index is 1.85. The maximum Gasteiger partial charge on any atom is 0.269 e. The van der Waals surface area contributed by atoms with Crippen LogP contribution in [-0.4, -0.2) is 61.4 Å². The summed E-state index contributed by atoms with van der Waals surface area (Å²) in [5.74, 6) is 0. The number of morpholine rings is 1. The molecule has 0 saturated carbocycles. The highest BCUT2D eigenvalue weighted by molar-refractivity contribution is 7.80. The molecule has 1 aromatic carbocycles. The van der Waals surface area contributed by atoms with Gasteiger partial charge < -0.3 is 19.9 Å². The Labute approximate surface area is 147 Å². The maximum absolute atomic E-state index is 10.9. The van der Waals surface area contributed by atoms with Gasteiger partial charge in [0.05, 0.1) is 37.3 Å². The second-order valence-electron chi connectivity index (χ2n) is 5.98. The number of rotatable bonds is 6. The molecule has 1 aliphatic heterocycles. The van der Waals surface area contributed by atoms with Gasteiger partial charge in [-0.15, -0.1) is 0 Å². The Morgan fingerprint density at radius 1 is 1.50 bits per heavy atom. The van der Waals surface area contributed by atoms with Crippen LogP contribution in [0.25, 0.3) is 0 Å². The highest BCUT2D eigenvalue weighted by Crippen LogP contribution is 2.22. The average molecular weight is 353 g/mol. The highest BCUT2D eigenvalue weighted by Gasteiger charge is 2.18. The predicted molar refractivity (Wildman–Crippen MR) is 96.3 cm³/mol. The molecule has 1 saturated heterocycles. The van der Waals surface area contributed by atoms with Crippen molar-refractivity contribution in [1.82, 2.24) is 10.2 Å². The van der Waals surface area contributed by atoms with Gasteiger partial charge in [-0.3, -0.25) is 10.1 Å². The van der Waals surface area contributed by atoms with Gasteiger partial charge in [-0.1, -0.05) is 12.1 Å². The van der Waals surface area contributed by atoms with Crippen molar-refractivity contribution in [3.05, 3.63) is 39.9 Å². The lowest BCUT2D eigenvalue weighted by molar-refractivity contribution is -0.906. The van der Waals surface area contributed by atoms with Crippen molar-refractivity contribution in [2.24, 2.45) is 0 Å². The van der Waals surface area contributed by atoms with E-state index in [0.717, 1.165) is 45.0 Å². The van der Waals surface area contributed by atoms with E-state index in [-0.39, 0.29) is 16.7 Å². The van der Waals surface area contributed by atoms with Gasteiger partial charge in [-0.05, 0) is 24.7 Å². The number of nitro benzene ring substituents is 1. The third kappa shape index (κ3) is 5.12. The Morgan fingerprint density at radius 3 is 2.88 bits per heavy atom. The molecule has 1 aromatic rings. The lowest BCUT2D eigenvalue weighted by Crippen LogP contribution is -3.14. The minimum atomic E-state index is -0.377. The number of hydrogen-bond donors (Lipinski definition) is 2. The van der Waals surface area contributed by atoms with Crippen LogP contribution in [0, 0.1) is 10.1 Å². The SMILES string of the molecule is C[C@H](c1cccc([N+](=O)[O-])c1)N(C)C(=S)NCC[NH+]1CCOCC1. The number of benzene rings is 1. The molecule has 1 heterocycles. The summed E-state index contributed by atoms with van der Waals surface area (Å²) < 4.78 is 5.35. The number of non-ortho nitro benzene ring substituents is 1.